The topological polar surface area (TPSA) is 58.9 Å². The van der Waals surface area contributed by atoms with Crippen LogP contribution in [0.1, 0.15) is 38.5 Å². The number of rotatable bonds is 3. The molecule has 0 aromatic rings. The first-order chi connectivity index (χ1) is 7.25. The minimum Gasteiger partial charge on any atom is -0.481 e. The molecule has 15 heavy (non-hydrogen) atoms. The Hall–Kier alpha value is -1.06. The molecule has 1 heterocycles. The van der Waals surface area contributed by atoms with Crippen molar-refractivity contribution in [2.24, 2.45) is 10.9 Å². The summed E-state index contributed by atoms with van der Waals surface area (Å²) in [5.74, 6) is 0.471. The second kappa shape index (κ2) is 4.64. The molecule has 2 aliphatic rings. The second-order valence-corrected chi connectivity index (χ2v) is 4.35. The Kier molecular flexibility index (Phi) is 3.23. The molecular formula is C11H17NO3. The van der Waals surface area contributed by atoms with E-state index in [4.69, 9.17) is 9.84 Å². The van der Waals surface area contributed by atoms with Crippen LogP contribution in [0.5, 0.6) is 0 Å². The molecule has 1 atom stereocenters. The van der Waals surface area contributed by atoms with Gasteiger partial charge in [-0.25, -0.2) is 0 Å². The number of carbonyl (C=O) groups is 1. The van der Waals surface area contributed by atoms with Crippen molar-refractivity contribution in [2.75, 3.05) is 6.54 Å². The SMILES string of the molecule is O=C(O)CC1CN=C(C2CCCCC2)O1. The molecule has 4 nitrogen and oxygen atoms in total. The summed E-state index contributed by atoms with van der Waals surface area (Å²) in [6.45, 7) is 0.526. The lowest BCUT2D eigenvalue weighted by atomic mass is 9.89. The Labute approximate surface area is 89.3 Å². The van der Waals surface area contributed by atoms with Gasteiger partial charge in [-0.2, -0.15) is 0 Å². The first kappa shape index (κ1) is 10.5. The van der Waals surface area contributed by atoms with Crippen molar-refractivity contribution in [1.82, 2.24) is 0 Å². The van der Waals surface area contributed by atoms with E-state index in [2.05, 4.69) is 4.99 Å². The van der Waals surface area contributed by atoms with Gasteiger partial charge in [-0.3, -0.25) is 9.79 Å². The molecule has 0 radical (unpaired) electrons. The Balaban J connectivity index is 1.82. The molecule has 1 saturated carbocycles. The van der Waals surface area contributed by atoms with Gasteiger partial charge in [0.2, 0.25) is 0 Å². The number of nitrogens with zero attached hydrogens (tertiary/aromatic N) is 1. The highest BCUT2D eigenvalue weighted by atomic mass is 16.5. The highest BCUT2D eigenvalue weighted by molar-refractivity contribution is 5.81. The highest BCUT2D eigenvalue weighted by Crippen LogP contribution is 2.28. The minimum absolute atomic E-state index is 0.0692. The van der Waals surface area contributed by atoms with E-state index in [1.807, 2.05) is 0 Å². The molecule has 84 valence electrons. The third kappa shape index (κ3) is 2.70. The van der Waals surface area contributed by atoms with Gasteiger partial charge >= 0.3 is 5.97 Å². The molecule has 0 aromatic heterocycles. The van der Waals surface area contributed by atoms with E-state index in [1.165, 1.54) is 19.3 Å². The number of hydrogen-bond donors (Lipinski definition) is 1. The van der Waals surface area contributed by atoms with Crippen LogP contribution in [0.4, 0.5) is 0 Å². The molecule has 0 spiro atoms. The average molecular weight is 211 g/mol. The standard InChI is InChI=1S/C11H17NO3/c13-10(14)6-9-7-12-11(15-9)8-4-2-1-3-5-8/h8-9H,1-7H2,(H,13,14). The van der Waals surface area contributed by atoms with E-state index in [0.29, 0.717) is 12.5 Å². The van der Waals surface area contributed by atoms with Crippen molar-refractivity contribution < 1.29 is 14.6 Å². The normalized spacial score (nSPS) is 27.2. The van der Waals surface area contributed by atoms with E-state index in [-0.39, 0.29) is 12.5 Å². The number of carboxylic acids is 1. The van der Waals surface area contributed by atoms with Crippen LogP contribution in [0.25, 0.3) is 0 Å². The van der Waals surface area contributed by atoms with E-state index in [9.17, 15) is 4.79 Å². The zero-order valence-corrected chi connectivity index (χ0v) is 8.82. The van der Waals surface area contributed by atoms with Crippen LogP contribution in [-0.4, -0.2) is 29.6 Å². The van der Waals surface area contributed by atoms with Gasteiger partial charge in [0.1, 0.15) is 6.10 Å². The molecule has 0 saturated heterocycles. The van der Waals surface area contributed by atoms with Crippen molar-refractivity contribution in [2.45, 2.75) is 44.6 Å². The lowest BCUT2D eigenvalue weighted by Gasteiger charge is -2.21. The van der Waals surface area contributed by atoms with Gasteiger partial charge < -0.3 is 9.84 Å². The van der Waals surface area contributed by atoms with Gasteiger partial charge in [0.05, 0.1) is 13.0 Å². The van der Waals surface area contributed by atoms with Gasteiger partial charge in [-0.05, 0) is 12.8 Å². The van der Waals surface area contributed by atoms with Crippen LogP contribution in [0.15, 0.2) is 4.99 Å². The van der Waals surface area contributed by atoms with Crippen molar-refractivity contribution >= 4 is 11.9 Å². The Morgan fingerprint density at radius 3 is 2.80 bits per heavy atom. The van der Waals surface area contributed by atoms with Crippen LogP contribution in [0.2, 0.25) is 0 Å². The number of aliphatic carboxylic acids is 1. The van der Waals surface area contributed by atoms with Crippen molar-refractivity contribution in [3.05, 3.63) is 0 Å². The highest BCUT2D eigenvalue weighted by Gasteiger charge is 2.28. The predicted octanol–water partition coefficient (Wildman–Crippen LogP) is 1.84. The second-order valence-electron chi connectivity index (χ2n) is 4.35. The summed E-state index contributed by atoms with van der Waals surface area (Å²) in [6, 6.07) is 0. The van der Waals surface area contributed by atoms with E-state index in [1.54, 1.807) is 0 Å². The molecule has 0 amide bonds. The Bertz CT molecular complexity index is 269. The third-order valence-electron chi connectivity index (χ3n) is 3.09. The van der Waals surface area contributed by atoms with Gasteiger partial charge in [0.25, 0.3) is 0 Å². The molecule has 0 aromatic carbocycles. The molecule has 0 bridgehead atoms. The van der Waals surface area contributed by atoms with Crippen molar-refractivity contribution in [3.63, 3.8) is 0 Å². The first-order valence-corrected chi connectivity index (χ1v) is 5.68. The summed E-state index contributed by atoms with van der Waals surface area (Å²) >= 11 is 0. The molecular weight excluding hydrogens is 194 g/mol. The fourth-order valence-electron chi connectivity index (χ4n) is 2.31. The van der Waals surface area contributed by atoms with Crippen LogP contribution < -0.4 is 0 Å². The zero-order chi connectivity index (χ0) is 10.7. The number of ether oxygens (including phenoxy) is 1. The summed E-state index contributed by atoms with van der Waals surface area (Å²) in [4.78, 5) is 14.8. The maximum Gasteiger partial charge on any atom is 0.307 e. The number of carboxylic acid groups (broad SMARTS) is 1. The molecule has 1 aliphatic heterocycles. The maximum absolute atomic E-state index is 10.5. The maximum atomic E-state index is 10.5. The van der Waals surface area contributed by atoms with Gasteiger partial charge in [0, 0.05) is 5.92 Å². The average Bonchev–Trinajstić information content (AvgIpc) is 2.67. The number of aliphatic imine (C=N–C) groups is 1. The molecule has 2 rings (SSSR count). The summed E-state index contributed by atoms with van der Waals surface area (Å²) in [7, 11) is 0. The smallest absolute Gasteiger partial charge is 0.307 e. The molecule has 1 fully saturated rings. The predicted molar refractivity (Wildman–Crippen MR) is 56.0 cm³/mol. The van der Waals surface area contributed by atoms with E-state index >= 15 is 0 Å². The monoisotopic (exact) mass is 211 g/mol. The minimum atomic E-state index is -0.805. The quantitative estimate of drug-likeness (QED) is 0.774. The van der Waals surface area contributed by atoms with Crippen molar-refractivity contribution in [1.29, 1.82) is 0 Å². The van der Waals surface area contributed by atoms with E-state index in [0.717, 1.165) is 18.7 Å². The first-order valence-electron chi connectivity index (χ1n) is 5.68. The van der Waals surface area contributed by atoms with Crippen LogP contribution in [0, 0.1) is 5.92 Å². The fourth-order valence-corrected chi connectivity index (χ4v) is 2.31. The molecule has 4 heteroatoms. The van der Waals surface area contributed by atoms with Crippen LogP contribution >= 0.6 is 0 Å². The summed E-state index contributed by atoms with van der Waals surface area (Å²) in [5, 5.41) is 8.64. The summed E-state index contributed by atoms with van der Waals surface area (Å²) in [6.07, 6.45) is 5.95. The Morgan fingerprint density at radius 1 is 1.40 bits per heavy atom. The lowest BCUT2D eigenvalue weighted by Crippen LogP contribution is -2.22. The third-order valence-corrected chi connectivity index (χ3v) is 3.09. The van der Waals surface area contributed by atoms with Crippen LogP contribution in [-0.2, 0) is 9.53 Å². The summed E-state index contributed by atoms with van der Waals surface area (Å²) < 4.78 is 5.58. The largest absolute Gasteiger partial charge is 0.481 e. The van der Waals surface area contributed by atoms with Crippen LogP contribution in [0.3, 0.4) is 0 Å². The van der Waals surface area contributed by atoms with E-state index < -0.39 is 5.97 Å². The molecule has 1 N–H and O–H groups in total. The van der Waals surface area contributed by atoms with Crippen molar-refractivity contribution in [3.8, 4) is 0 Å². The number of hydrogen-bond acceptors (Lipinski definition) is 3. The molecule has 1 unspecified atom stereocenters. The summed E-state index contributed by atoms with van der Waals surface area (Å²) in [5.41, 5.74) is 0. The van der Waals surface area contributed by atoms with Gasteiger partial charge in [0.15, 0.2) is 5.90 Å². The lowest BCUT2D eigenvalue weighted by molar-refractivity contribution is -0.138. The van der Waals surface area contributed by atoms with Gasteiger partial charge in [-0.15, -0.1) is 0 Å². The fraction of sp³-hybridized carbons (Fsp3) is 0.818. The molecule has 1 aliphatic carbocycles. The zero-order valence-electron chi connectivity index (χ0n) is 8.82. The Morgan fingerprint density at radius 2 is 2.13 bits per heavy atom. The van der Waals surface area contributed by atoms with Gasteiger partial charge in [-0.1, -0.05) is 19.3 Å².